The van der Waals surface area contributed by atoms with Crippen molar-refractivity contribution >= 4 is 28.5 Å². The molecular weight excluding hydrogens is 361 g/mol. The van der Waals surface area contributed by atoms with E-state index in [2.05, 4.69) is 4.98 Å². The number of methoxy groups -OCH3 is 1. The van der Waals surface area contributed by atoms with E-state index in [1.807, 2.05) is 18.2 Å². The molecule has 1 aromatic heterocycles. The number of benzene rings is 2. The highest BCUT2D eigenvalue weighted by Crippen LogP contribution is 2.45. The predicted octanol–water partition coefficient (Wildman–Crippen LogP) is 3.56. The Morgan fingerprint density at radius 2 is 2.00 bits per heavy atom. The molecule has 0 spiro atoms. The molecule has 142 valence electrons. The third-order valence-corrected chi connectivity index (χ3v) is 5.83. The van der Waals surface area contributed by atoms with Crippen LogP contribution in [0.4, 0.5) is 14.9 Å². The minimum absolute atomic E-state index is 0.241. The lowest BCUT2D eigenvalue weighted by Gasteiger charge is -2.35. The summed E-state index contributed by atoms with van der Waals surface area (Å²) in [6, 6.07) is 10.8. The van der Waals surface area contributed by atoms with E-state index < -0.39 is 17.4 Å². The van der Waals surface area contributed by atoms with E-state index in [1.54, 1.807) is 25.0 Å². The summed E-state index contributed by atoms with van der Waals surface area (Å²) in [5.74, 6) is -0.147. The van der Waals surface area contributed by atoms with Gasteiger partial charge in [0, 0.05) is 17.4 Å². The van der Waals surface area contributed by atoms with E-state index in [4.69, 9.17) is 4.74 Å². The van der Waals surface area contributed by atoms with Crippen molar-refractivity contribution < 1.29 is 18.7 Å². The SMILES string of the molecule is COc1ccc2[nH]c3c(c2c1)CCN1C(=O)N(c2cccc(F)c2)C(=O)[C@@]31C. The monoisotopic (exact) mass is 379 g/mol. The molecule has 6 nitrogen and oxygen atoms in total. The lowest BCUT2D eigenvalue weighted by molar-refractivity contribution is -0.125. The Morgan fingerprint density at radius 1 is 1.18 bits per heavy atom. The van der Waals surface area contributed by atoms with Crippen LogP contribution in [0.2, 0.25) is 0 Å². The number of carbonyl (C=O) groups excluding carboxylic acids is 2. The zero-order valence-electron chi connectivity index (χ0n) is 15.5. The van der Waals surface area contributed by atoms with Gasteiger partial charge in [-0.15, -0.1) is 0 Å². The van der Waals surface area contributed by atoms with Gasteiger partial charge in [-0.25, -0.2) is 14.1 Å². The van der Waals surface area contributed by atoms with Crippen molar-refractivity contribution in [2.24, 2.45) is 0 Å². The highest BCUT2D eigenvalue weighted by atomic mass is 19.1. The van der Waals surface area contributed by atoms with Gasteiger partial charge < -0.3 is 14.6 Å². The Labute approximate surface area is 160 Å². The second-order valence-electron chi connectivity index (χ2n) is 7.27. The maximum Gasteiger partial charge on any atom is 0.332 e. The molecule has 0 radical (unpaired) electrons. The first-order valence-electron chi connectivity index (χ1n) is 9.06. The number of amides is 3. The van der Waals surface area contributed by atoms with Gasteiger partial charge in [-0.1, -0.05) is 6.07 Å². The highest BCUT2D eigenvalue weighted by Gasteiger charge is 2.59. The zero-order chi connectivity index (χ0) is 19.6. The van der Waals surface area contributed by atoms with Crippen LogP contribution in [-0.2, 0) is 16.8 Å². The van der Waals surface area contributed by atoms with Crippen LogP contribution in [-0.4, -0.2) is 35.5 Å². The van der Waals surface area contributed by atoms with Crippen molar-refractivity contribution in [2.75, 3.05) is 18.6 Å². The first-order chi connectivity index (χ1) is 13.4. The quantitative estimate of drug-likeness (QED) is 0.693. The molecule has 0 aliphatic carbocycles. The molecule has 3 aromatic rings. The van der Waals surface area contributed by atoms with Gasteiger partial charge in [0.25, 0.3) is 5.91 Å². The fraction of sp³-hybridized carbons (Fsp3) is 0.238. The van der Waals surface area contributed by atoms with Crippen LogP contribution in [0.15, 0.2) is 42.5 Å². The number of halogens is 1. The van der Waals surface area contributed by atoms with Crippen molar-refractivity contribution in [3.8, 4) is 5.75 Å². The number of nitrogens with one attached hydrogen (secondary N) is 1. The number of fused-ring (bicyclic) bond motifs is 5. The van der Waals surface area contributed by atoms with E-state index in [-0.39, 0.29) is 11.6 Å². The summed E-state index contributed by atoms with van der Waals surface area (Å²) < 4.78 is 19.0. The van der Waals surface area contributed by atoms with Crippen LogP contribution in [0.25, 0.3) is 10.9 Å². The molecule has 2 aliphatic rings. The van der Waals surface area contributed by atoms with Gasteiger partial charge >= 0.3 is 6.03 Å². The number of carbonyl (C=O) groups is 2. The Morgan fingerprint density at radius 3 is 2.75 bits per heavy atom. The average molecular weight is 379 g/mol. The summed E-state index contributed by atoms with van der Waals surface area (Å²) in [6.07, 6.45) is 0.619. The van der Waals surface area contributed by atoms with E-state index in [1.165, 1.54) is 18.2 Å². The van der Waals surface area contributed by atoms with Gasteiger partial charge in [0.05, 0.1) is 18.5 Å². The van der Waals surface area contributed by atoms with Crippen LogP contribution in [0, 0.1) is 5.82 Å². The number of hydrogen-bond acceptors (Lipinski definition) is 3. The van der Waals surface area contributed by atoms with Crippen LogP contribution >= 0.6 is 0 Å². The van der Waals surface area contributed by atoms with Gasteiger partial charge in [-0.05, 0) is 55.3 Å². The number of aromatic nitrogens is 1. The fourth-order valence-electron chi connectivity index (χ4n) is 4.39. The number of nitrogens with zero attached hydrogens (tertiary/aromatic N) is 2. The van der Waals surface area contributed by atoms with Crippen LogP contribution < -0.4 is 9.64 Å². The molecule has 28 heavy (non-hydrogen) atoms. The van der Waals surface area contributed by atoms with Gasteiger partial charge in [-0.3, -0.25) is 4.79 Å². The molecule has 2 aromatic carbocycles. The molecule has 1 atom stereocenters. The first kappa shape index (κ1) is 16.8. The van der Waals surface area contributed by atoms with Crippen molar-refractivity contribution in [3.63, 3.8) is 0 Å². The largest absolute Gasteiger partial charge is 0.497 e. The number of H-pyrrole nitrogens is 1. The molecule has 1 saturated heterocycles. The third-order valence-electron chi connectivity index (χ3n) is 5.83. The lowest BCUT2D eigenvalue weighted by Crippen LogP contribution is -2.49. The van der Waals surface area contributed by atoms with Crippen LogP contribution in [0.3, 0.4) is 0 Å². The molecule has 2 aliphatic heterocycles. The molecular formula is C21H18FN3O3. The predicted molar refractivity (Wildman–Crippen MR) is 102 cm³/mol. The summed E-state index contributed by atoms with van der Waals surface area (Å²) in [5, 5.41) is 0.986. The lowest BCUT2D eigenvalue weighted by atomic mass is 9.87. The normalized spacial score (nSPS) is 21.2. The second kappa shape index (κ2) is 5.58. The van der Waals surface area contributed by atoms with Gasteiger partial charge in [-0.2, -0.15) is 0 Å². The summed E-state index contributed by atoms with van der Waals surface area (Å²) in [4.78, 5) is 32.5. The Hall–Kier alpha value is -3.35. The Bertz CT molecular complexity index is 1160. The van der Waals surface area contributed by atoms with Crippen molar-refractivity contribution in [3.05, 3.63) is 59.5 Å². The van der Waals surface area contributed by atoms with E-state index in [9.17, 15) is 14.0 Å². The summed E-state index contributed by atoms with van der Waals surface area (Å²) >= 11 is 0. The summed E-state index contributed by atoms with van der Waals surface area (Å²) in [5.41, 5.74) is 1.68. The van der Waals surface area contributed by atoms with E-state index >= 15 is 0 Å². The topological polar surface area (TPSA) is 65.6 Å². The highest BCUT2D eigenvalue weighted by molar-refractivity contribution is 6.23. The van der Waals surface area contributed by atoms with Crippen molar-refractivity contribution in [1.29, 1.82) is 0 Å². The minimum Gasteiger partial charge on any atom is -0.497 e. The van der Waals surface area contributed by atoms with Crippen LogP contribution in [0.5, 0.6) is 5.75 Å². The van der Waals surface area contributed by atoms with Crippen LogP contribution in [0.1, 0.15) is 18.2 Å². The molecule has 1 N–H and O–H groups in total. The summed E-state index contributed by atoms with van der Waals surface area (Å²) in [7, 11) is 1.61. The molecule has 0 bridgehead atoms. The number of ether oxygens (including phenoxy) is 1. The Balaban J connectivity index is 1.68. The van der Waals surface area contributed by atoms with Gasteiger partial charge in [0.2, 0.25) is 0 Å². The average Bonchev–Trinajstić information content (AvgIpc) is 3.15. The maximum atomic E-state index is 13.7. The minimum atomic E-state index is -1.16. The maximum absolute atomic E-state index is 13.7. The molecule has 5 rings (SSSR count). The van der Waals surface area contributed by atoms with E-state index in [0.717, 1.165) is 27.1 Å². The number of urea groups is 1. The van der Waals surface area contributed by atoms with Crippen molar-refractivity contribution in [2.45, 2.75) is 18.9 Å². The standard InChI is InChI=1S/C21H18FN3O3/c1-21-18-15(16-11-14(28-2)6-7-17(16)23-18)8-9-24(21)20(27)25(19(21)26)13-5-3-4-12(22)10-13/h3-7,10-11,23H,8-9H2,1-2H3/t21-/m1/s1. The number of anilines is 1. The number of aromatic amines is 1. The third kappa shape index (κ3) is 2.01. The molecule has 0 saturated carbocycles. The molecule has 3 heterocycles. The van der Waals surface area contributed by atoms with Gasteiger partial charge in [0.15, 0.2) is 5.54 Å². The van der Waals surface area contributed by atoms with E-state index in [0.29, 0.717) is 18.7 Å². The molecule has 0 unspecified atom stereocenters. The second-order valence-corrected chi connectivity index (χ2v) is 7.27. The molecule has 7 heteroatoms. The number of imide groups is 1. The Kier molecular flexibility index (Phi) is 3.34. The van der Waals surface area contributed by atoms with Gasteiger partial charge in [0.1, 0.15) is 11.6 Å². The number of hydrogen-bond donors (Lipinski definition) is 1. The smallest absolute Gasteiger partial charge is 0.332 e. The molecule has 3 amide bonds. The fourth-order valence-corrected chi connectivity index (χ4v) is 4.39. The number of rotatable bonds is 2. The zero-order valence-corrected chi connectivity index (χ0v) is 15.5. The van der Waals surface area contributed by atoms with Crippen molar-refractivity contribution in [1.82, 2.24) is 9.88 Å². The first-order valence-corrected chi connectivity index (χ1v) is 9.06. The molecule has 1 fully saturated rings. The summed E-state index contributed by atoms with van der Waals surface area (Å²) in [6.45, 7) is 2.15.